The van der Waals surface area contributed by atoms with Crippen molar-refractivity contribution in [3.63, 3.8) is 0 Å². The second-order valence-electron chi connectivity index (χ2n) is 3.72. The molecule has 1 aliphatic rings. The molecule has 0 radical (unpaired) electrons. The van der Waals surface area contributed by atoms with Gasteiger partial charge in [-0.05, 0) is 18.8 Å². The van der Waals surface area contributed by atoms with E-state index in [-0.39, 0.29) is 5.97 Å². The molecule has 0 amide bonds. The van der Waals surface area contributed by atoms with Gasteiger partial charge in [-0.1, -0.05) is 24.5 Å². The molecule has 82 valence electrons. The fourth-order valence-electron chi connectivity index (χ4n) is 1.85. The minimum atomic E-state index is -0.115. The minimum Gasteiger partial charge on any atom is -0.469 e. The van der Waals surface area contributed by atoms with E-state index in [2.05, 4.69) is 22.7 Å². The van der Waals surface area contributed by atoms with Crippen LogP contribution < -0.4 is 0 Å². The first-order valence-electron chi connectivity index (χ1n) is 5.49. The molecular weight excluding hydrogens is 188 g/mol. The third kappa shape index (κ3) is 3.79. The van der Waals surface area contributed by atoms with Gasteiger partial charge in [0.25, 0.3) is 0 Å². The summed E-state index contributed by atoms with van der Waals surface area (Å²) in [5, 5.41) is 0. The Morgan fingerprint density at radius 3 is 3.07 bits per heavy atom. The van der Waals surface area contributed by atoms with Crippen LogP contribution in [0.15, 0.2) is 11.6 Å². The maximum atomic E-state index is 11.2. The molecule has 0 saturated heterocycles. The Morgan fingerprint density at radius 2 is 2.40 bits per heavy atom. The topological polar surface area (TPSA) is 26.3 Å². The number of carbonyl (C=O) groups excluding carboxylic acids is 1. The van der Waals surface area contributed by atoms with E-state index in [4.69, 9.17) is 0 Å². The van der Waals surface area contributed by atoms with Crippen molar-refractivity contribution in [1.29, 1.82) is 0 Å². The van der Waals surface area contributed by atoms with Crippen LogP contribution in [0, 0.1) is 17.8 Å². The van der Waals surface area contributed by atoms with Crippen molar-refractivity contribution in [2.75, 3.05) is 7.11 Å². The molecule has 0 aromatic carbocycles. The van der Waals surface area contributed by atoms with E-state index in [9.17, 15) is 4.79 Å². The predicted octanol–water partition coefficient (Wildman–Crippen LogP) is 2.69. The maximum absolute atomic E-state index is 11.2. The molecule has 0 unspecified atom stereocenters. The average molecular weight is 206 g/mol. The molecule has 0 spiro atoms. The zero-order valence-electron chi connectivity index (χ0n) is 9.51. The van der Waals surface area contributed by atoms with E-state index >= 15 is 0 Å². The molecule has 1 atom stereocenters. The molecule has 0 bridgehead atoms. The van der Waals surface area contributed by atoms with Gasteiger partial charge >= 0.3 is 5.97 Å². The summed E-state index contributed by atoms with van der Waals surface area (Å²) in [5.41, 5.74) is 1.32. The zero-order chi connectivity index (χ0) is 11.1. The molecule has 1 rings (SSSR count). The van der Waals surface area contributed by atoms with E-state index < -0.39 is 0 Å². The normalized spacial score (nSPS) is 19.1. The van der Waals surface area contributed by atoms with E-state index in [1.807, 2.05) is 6.92 Å². The summed E-state index contributed by atoms with van der Waals surface area (Å²) < 4.78 is 4.68. The SMILES string of the molecule is CCC#CCC1=CCC[C@@H]1CC(=O)OC. The highest BCUT2D eigenvalue weighted by atomic mass is 16.5. The van der Waals surface area contributed by atoms with Crippen LogP contribution in [0.2, 0.25) is 0 Å². The quantitative estimate of drug-likeness (QED) is 0.403. The van der Waals surface area contributed by atoms with Crippen molar-refractivity contribution >= 4 is 5.97 Å². The lowest BCUT2D eigenvalue weighted by Gasteiger charge is -2.11. The van der Waals surface area contributed by atoms with Crippen LogP contribution in [-0.2, 0) is 9.53 Å². The minimum absolute atomic E-state index is 0.115. The average Bonchev–Trinajstić information content (AvgIpc) is 2.66. The lowest BCUT2D eigenvalue weighted by atomic mass is 9.95. The van der Waals surface area contributed by atoms with Gasteiger partial charge in [-0.3, -0.25) is 4.79 Å². The van der Waals surface area contributed by atoms with Crippen molar-refractivity contribution in [2.45, 2.75) is 39.0 Å². The van der Waals surface area contributed by atoms with Crippen LogP contribution >= 0.6 is 0 Å². The van der Waals surface area contributed by atoms with E-state index in [0.29, 0.717) is 12.3 Å². The molecule has 0 fully saturated rings. The standard InChI is InChI=1S/C13H18O2/c1-3-4-5-7-11-8-6-9-12(11)10-13(14)15-2/h8,12H,3,6-7,9-10H2,1-2H3/t12-/m1/s1. The number of allylic oxidation sites excluding steroid dienone is 2. The highest BCUT2D eigenvalue weighted by Gasteiger charge is 2.21. The van der Waals surface area contributed by atoms with Gasteiger partial charge < -0.3 is 4.74 Å². The largest absolute Gasteiger partial charge is 0.469 e. The van der Waals surface area contributed by atoms with Crippen molar-refractivity contribution in [2.24, 2.45) is 5.92 Å². The zero-order valence-corrected chi connectivity index (χ0v) is 9.51. The van der Waals surface area contributed by atoms with Gasteiger partial charge in [0.2, 0.25) is 0 Å². The second kappa shape index (κ2) is 6.29. The second-order valence-corrected chi connectivity index (χ2v) is 3.72. The van der Waals surface area contributed by atoms with E-state index in [1.165, 1.54) is 12.7 Å². The Morgan fingerprint density at radius 1 is 1.60 bits per heavy atom. The molecule has 0 aliphatic heterocycles. The molecule has 0 N–H and O–H groups in total. The van der Waals surface area contributed by atoms with Gasteiger partial charge in [0.1, 0.15) is 0 Å². The first-order valence-corrected chi connectivity index (χ1v) is 5.49. The summed E-state index contributed by atoms with van der Waals surface area (Å²) in [6.07, 6.45) is 6.58. The highest BCUT2D eigenvalue weighted by molar-refractivity contribution is 5.70. The first kappa shape index (κ1) is 11.8. The van der Waals surface area contributed by atoms with Crippen LogP contribution in [0.4, 0.5) is 0 Å². The van der Waals surface area contributed by atoms with E-state index in [1.54, 1.807) is 0 Å². The van der Waals surface area contributed by atoms with Gasteiger partial charge in [0.15, 0.2) is 0 Å². The number of carbonyl (C=O) groups is 1. The highest BCUT2D eigenvalue weighted by Crippen LogP contribution is 2.30. The molecule has 2 heteroatoms. The van der Waals surface area contributed by atoms with Crippen molar-refractivity contribution in [1.82, 2.24) is 0 Å². The molecule has 2 nitrogen and oxygen atoms in total. The Balaban J connectivity index is 2.45. The summed E-state index contributed by atoms with van der Waals surface area (Å²) in [7, 11) is 1.44. The van der Waals surface area contributed by atoms with Gasteiger partial charge in [-0.2, -0.15) is 0 Å². The summed E-state index contributed by atoms with van der Waals surface area (Å²) in [4.78, 5) is 11.2. The third-order valence-electron chi connectivity index (χ3n) is 2.68. The number of methoxy groups -OCH3 is 1. The Labute approximate surface area is 91.7 Å². The molecule has 0 aromatic heterocycles. The Bertz CT molecular complexity index is 304. The maximum Gasteiger partial charge on any atom is 0.306 e. The predicted molar refractivity (Wildman–Crippen MR) is 60.1 cm³/mol. The van der Waals surface area contributed by atoms with Crippen molar-refractivity contribution in [3.8, 4) is 11.8 Å². The van der Waals surface area contributed by atoms with Gasteiger partial charge in [0.05, 0.1) is 13.5 Å². The lowest BCUT2D eigenvalue weighted by molar-refractivity contribution is -0.141. The fourth-order valence-corrected chi connectivity index (χ4v) is 1.85. The van der Waals surface area contributed by atoms with Crippen molar-refractivity contribution in [3.05, 3.63) is 11.6 Å². The first-order chi connectivity index (χ1) is 7.27. The number of rotatable bonds is 3. The van der Waals surface area contributed by atoms with Gasteiger partial charge in [-0.15, -0.1) is 5.92 Å². The summed E-state index contributed by atoms with van der Waals surface area (Å²) in [5.74, 6) is 6.43. The van der Waals surface area contributed by atoms with Crippen LogP contribution in [-0.4, -0.2) is 13.1 Å². The number of hydrogen-bond donors (Lipinski definition) is 0. The lowest BCUT2D eigenvalue weighted by Crippen LogP contribution is -2.09. The number of ether oxygens (including phenoxy) is 1. The van der Waals surface area contributed by atoms with Crippen molar-refractivity contribution < 1.29 is 9.53 Å². The molecule has 1 aliphatic carbocycles. The Hall–Kier alpha value is -1.23. The molecule has 0 saturated carbocycles. The number of hydrogen-bond acceptors (Lipinski definition) is 2. The summed E-state index contributed by atoms with van der Waals surface area (Å²) in [6, 6.07) is 0. The van der Waals surface area contributed by atoms with Gasteiger partial charge in [0, 0.05) is 12.8 Å². The Kier molecular flexibility index (Phi) is 4.97. The van der Waals surface area contributed by atoms with Crippen LogP contribution in [0.5, 0.6) is 0 Å². The van der Waals surface area contributed by atoms with E-state index in [0.717, 1.165) is 25.7 Å². The summed E-state index contributed by atoms with van der Waals surface area (Å²) >= 11 is 0. The molecule has 0 aromatic rings. The van der Waals surface area contributed by atoms with Gasteiger partial charge in [-0.25, -0.2) is 0 Å². The fraction of sp³-hybridized carbons (Fsp3) is 0.615. The third-order valence-corrected chi connectivity index (χ3v) is 2.68. The molecule has 0 heterocycles. The number of esters is 1. The summed E-state index contributed by atoms with van der Waals surface area (Å²) in [6.45, 7) is 2.04. The van der Waals surface area contributed by atoms with Crippen LogP contribution in [0.3, 0.4) is 0 Å². The molecular formula is C13H18O2. The van der Waals surface area contributed by atoms with Crippen LogP contribution in [0.25, 0.3) is 0 Å². The molecule has 15 heavy (non-hydrogen) atoms. The smallest absolute Gasteiger partial charge is 0.306 e. The van der Waals surface area contributed by atoms with Crippen LogP contribution in [0.1, 0.15) is 39.0 Å². The monoisotopic (exact) mass is 206 g/mol.